The lowest BCUT2D eigenvalue weighted by Gasteiger charge is -2.49. The number of cyclic esters (lactones) is 1. The molecular formula is C44H80N2O18. The van der Waals surface area contributed by atoms with Gasteiger partial charge in [0.25, 0.3) is 0 Å². The van der Waals surface area contributed by atoms with Crippen molar-refractivity contribution in [3.63, 3.8) is 0 Å². The average molecular weight is 925 g/mol. The molecule has 374 valence electrons. The topological polar surface area (TPSA) is 289 Å². The predicted molar refractivity (Wildman–Crippen MR) is 228 cm³/mol. The molecular weight excluding hydrogens is 844 g/mol. The second-order valence-corrected chi connectivity index (χ2v) is 19.7. The van der Waals surface area contributed by atoms with Crippen molar-refractivity contribution in [2.45, 2.75) is 210 Å². The summed E-state index contributed by atoms with van der Waals surface area (Å²) in [6.45, 7) is 15.0. The first-order chi connectivity index (χ1) is 29.6. The van der Waals surface area contributed by atoms with Crippen molar-refractivity contribution in [2.75, 3.05) is 34.9 Å². The molecule has 2 unspecified atom stereocenters. The molecule has 23 atom stereocenters. The van der Waals surface area contributed by atoms with Gasteiger partial charge in [-0.25, -0.2) is 0 Å². The molecule has 0 aromatic rings. The number of aliphatic hydroxyl groups is 9. The van der Waals surface area contributed by atoms with Crippen LogP contribution in [-0.4, -0.2) is 212 Å². The van der Waals surface area contributed by atoms with Crippen LogP contribution in [0.25, 0.3) is 0 Å². The van der Waals surface area contributed by atoms with Crippen LogP contribution < -0.4 is 0 Å². The van der Waals surface area contributed by atoms with E-state index in [0.29, 0.717) is 6.42 Å². The molecule has 0 amide bonds. The van der Waals surface area contributed by atoms with Crippen molar-refractivity contribution in [2.24, 2.45) is 28.7 Å². The highest BCUT2D eigenvalue weighted by Crippen LogP contribution is 2.42. The Kier molecular flexibility index (Phi) is 18.4. The Hall–Kier alpha value is -1.54. The lowest BCUT2D eigenvalue weighted by Crippen LogP contribution is -2.67. The summed E-state index contributed by atoms with van der Waals surface area (Å²) >= 11 is 0. The number of hydrogen-bond donors (Lipinski definition) is 9. The van der Waals surface area contributed by atoms with Gasteiger partial charge in [0.1, 0.15) is 42.2 Å². The molecule has 20 nitrogen and oxygen atoms in total. The van der Waals surface area contributed by atoms with E-state index < -0.39 is 151 Å². The number of likely N-dealkylation sites (N-methyl/N-ethyl adjacent to an activating group) is 1. The van der Waals surface area contributed by atoms with Crippen LogP contribution in [-0.2, 0) is 42.7 Å². The second kappa shape index (κ2) is 21.4. The van der Waals surface area contributed by atoms with Gasteiger partial charge in [0.15, 0.2) is 18.9 Å². The fraction of sp³-hybridized carbons (Fsp3) is 0.955. The first kappa shape index (κ1) is 55.1. The molecule has 0 spiro atoms. The van der Waals surface area contributed by atoms with Gasteiger partial charge in [-0.1, -0.05) is 27.7 Å². The number of aliphatic imine (C=N–C) groups is 1. The number of carbonyl (C=O) groups is 1. The minimum atomic E-state index is -2.77. The average Bonchev–Trinajstić information content (AvgIpc) is 3.23. The SMILES string of the molecule is CCC1OC(=O)[C@H](C)C(O[C@H]2C[C@@](C)(OC)[C@@H](O)[C@H](C)O2)[C@H](C)[C@@H](O[C@@H]2O[C@H](C)C[C@H](N(C)C)[C@H]2O)[C@](C)(O)C[C@@H](C)/C(=N\[C@]2(O)[C@H](O)[C@@H](O)[C@@H](OC)O[C@@H]2CO)[C@H](C)[C@@H](O)[C@]1(C)O. The Morgan fingerprint density at radius 3 is 1.97 bits per heavy atom. The summed E-state index contributed by atoms with van der Waals surface area (Å²) in [6.07, 6.45) is -18.4. The normalized spacial score (nSPS) is 51.2. The van der Waals surface area contributed by atoms with E-state index in [-0.39, 0.29) is 25.0 Å². The minimum Gasteiger partial charge on any atom is -0.459 e. The summed E-state index contributed by atoms with van der Waals surface area (Å²) in [5.74, 6) is -5.23. The van der Waals surface area contributed by atoms with Gasteiger partial charge in [-0.15, -0.1) is 0 Å². The molecule has 4 fully saturated rings. The summed E-state index contributed by atoms with van der Waals surface area (Å²) < 4.78 is 48.4. The van der Waals surface area contributed by atoms with Crippen molar-refractivity contribution < 1.29 is 88.6 Å². The lowest BCUT2D eigenvalue weighted by molar-refractivity contribution is -0.324. The van der Waals surface area contributed by atoms with Crippen molar-refractivity contribution in [1.82, 2.24) is 4.90 Å². The van der Waals surface area contributed by atoms with Crippen LogP contribution in [0.3, 0.4) is 0 Å². The van der Waals surface area contributed by atoms with E-state index in [1.165, 1.54) is 35.0 Å². The first-order valence-corrected chi connectivity index (χ1v) is 22.6. The number of esters is 1. The van der Waals surface area contributed by atoms with Gasteiger partial charge in [0.2, 0.25) is 5.72 Å². The van der Waals surface area contributed by atoms with Gasteiger partial charge in [0.05, 0.1) is 54.2 Å². The van der Waals surface area contributed by atoms with Crippen molar-refractivity contribution in [1.29, 1.82) is 0 Å². The van der Waals surface area contributed by atoms with Crippen LogP contribution >= 0.6 is 0 Å². The molecule has 0 bridgehead atoms. The third-order valence-corrected chi connectivity index (χ3v) is 14.4. The first-order valence-electron chi connectivity index (χ1n) is 22.6. The van der Waals surface area contributed by atoms with E-state index in [2.05, 4.69) is 4.99 Å². The lowest BCUT2D eigenvalue weighted by atomic mass is 9.73. The maximum Gasteiger partial charge on any atom is 0.311 e. The van der Waals surface area contributed by atoms with Gasteiger partial charge in [-0.05, 0) is 80.8 Å². The van der Waals surface area contributed by atoms with Gasteiger partial charge in [0, 0.05) is 44.2 Å². The van der Waals surface area contributed by atoms with E-state index in [4.69, 9.17) is 37.9 Å². The van der Waals surface area contributed by atoms with Crippen LogP contribution in [0.1, 0.15) is 94.9 Å². The van der Waals surface area contributed by atoms with E-state index in [9.17, 15) is 50.8 Å². The monoisotopic (exact) mass is 925 g/mol. The number of nitrogens with zero attached hydrogens (tertiary/aromatic N) is 2. The number of aliphatic hydroxyl groups excluding tert-OH is 6. The second-order valence-electron chi connectivity index (χ2n) is 19.7. The summed E-state index contributed by atoms with van der Waals surface area (Å²) in [7, 11) is 6.28. The Morgan fingerprint density at radius 2 is 1.42 bits per heavy atom. The number of carbonyl (C=O) groups excluding carboxylic acids is 1. The smallest absolute Gasteiger partial charge is 0.311 e. The Morgan fingerprint density at radius 1 is 0.797 bits per heavy atom. The fourth-order valence-electron chi connectivity index (χ4n) is 10.3. The zero-order valence-corrected chi connectivity index (χ0v) is 40.1. The highest BCUT2D eigenvalue weighted by Gasteiger charge is 2.58. The molecule has 4 saturated heterocycles. The van der Waals surface area contributed by atoms with Crippen LogP contribution in [0, 0.1) is 23.7 Å². The van der Waals surface area contributed by atoms with E-state index >= 15 is 0 Å². The molecule has 0 aromatic heterocycles. The molecule has 0 aliphatic carbocycles. The third-order valence-electron chi connectivity index (χ3n) is 14.4. The molecule has 4 aliphatic rings. The quantitative estimate of drug-likeness (QED) is 0.124. The highest BCUT2D eigenvalue weighted by molar-refractivity contribution is 5.89. The van der Waals surface area contributed by atoms with Gasteiger partial charge in [-0.2, -0.15) is 0 Å². The Labute approximate surface area is 377 Å². The Balaban J connectivity index is 1.97. The largest absolute Gasteiger partial charge is 0.459 e. The molecule has 0 saturated carbocycles. The van der Waals surface area contributed by atoms with E-state index in [1.807, 2.05) is 25.9 Å². The fourth-order valence-corrected chi connectivity index (χ4v) is 10.3. The molecule has 0 aromatic carbocycles. The van der Waals surface area contributed by atoms with Crippen LogP contribution in [0.4, 0.5) is 0 Å². The summed E-state index contributed by atoms with van der Waals surface area (Å²) in [5.41, 5.74) is -8.18. The number of methoxy groups -OCH3 is 2. The maximum absolute atomic E-state index is 14.5. The van der Waals surface area contributed by atoms with Crippen molar-refractivity contribution in [3.8, 4) is 0 Å². The van der Waals surface area contributed by atoms with Crippen molar-refractivity contribution >= 4 is 11.7 Å². The summed E-state index contributed by atoms with van der Waals surface area (Å²) in [4.78, 5) is 20.9. The summed E-state index contributed by atoms with van der Waals surface area (Å²) in [5, 5.41) is 105. The van der Waals surface area contributed by atoms with Crippen LogP contribution in [0.2, 0.25) is 0 Å². The summed E-state index contributed by atoms with van der Waals surface area (Å²) in [6, 6.07) is -0.417. The molecule has 4 heterocycles. The van der Waals surface area contributed by atoms with Crippen LogP contribution in [0.5, 0.6) is 0 Å². The number of hydrogen-bond acceptors (Lipinski definition) is 20. The predicted octanol–water partition coefficient (Wildman–Crippen LogP) is -0.568. The van der Waals surface area contributed by atoms with Gasteiger partial charge in [-0.3, -0.25) is 9.79 Å². The third kappa shape index (κ3) is 11.1. The van der Waals surface area contributed by atoms with E-state index in [0.717, 1.165) is 0 Å². The van der Waals surface area contributed by atoms with Crippen molar-refractivity contribution in [3.05, 3.63) is 0 Å². The Bertz CT molecular complexity index is 1550. The number of rotatable bonds is 10. The van der Waals surface area contributed by atoms with Crippen LogP contribution in [0.15, 0.2) is 4.99 Å². The minimum absolute atomic E-state index is 0.0158. The highest BCUT2D eigenvalue weighted by atomic mass is 16.7. The zero-order valence-electron chi connectivity index (χ0n) is 40.1. The molecule has 0 radical (unpaired) electrons. The van der Waals surface area contributed by atoms with E-state index in [1.54, 1.807) is 41.5 Å². The zero-order chi connectivity index (χ0) is 48.6. The van der Waals surface area contributed by atoms with Gasteiger partial charge < -0.3 is 88.8 Å². The maximum atomic E-state index is 14.5. The standard InChI is InChI=1S/C44H80N2O18/c1-15-27-43(10,55)34(50)22(4)30(45-44(56)28(19-47)62-39(57-13)32(49)36(44)52)20(2)17-41(8,54)37(64-40-31(48)26(46(11)12)16-21(3)59-40)23(5)33(24(6)38(53)61-27)63-29-18-42(9,58-14)35(51)25(7)60-29/h20-29,31-37,39-40,47-52,54-56H,15-19H2,1-14H3/b45-30+/t20-,21-,22+,23+,24-,25+,26+,27?,28-,29+,31-,32-,33?,34-,35+,36-,37-,39+,40+,41-,42-,43-,44-/m1/s1. The molecule has 64 heavy (non-hydrogen) atoms. The molecule has 9 N–H and O–H groups in total. The number of ether oxygens (including phenoxy) is 8. The molecule has 4 aliphatic heterocycles. The van der Waals surface area contributed by atoms with Gasteiger partial charge >= 0.3 is 5.97 Å². The molecule has 20 heteroatoms. The molecule has 4 rings (SSSR count).